The maximum absolute atomic E-state index is 13.2. The van der Waals surface area contributed by atoms with E-state index in [0.717, 1.165) is 17.0 Å². The molecule has 2 unspecified atom stereocenters. The van der Waals surface area contributed by atoms with Gasteiger partial charge in [-0.3, -0.25) is 9.20 Å². The number of alkyl halides is 1. The number of hydrogen-bond acceptors (Lipinski definition) is 5. The molecule has 3 aromatic rings. The van der Waals surface area contributed by atoms with Gasteiger partial charge in [0, 0.05) is 41.4 Å². The molecule has 0 saturated heterocycles. The molecule has 148 valence electrons. The Bertz CT molecular complexity index is 1050. The van der Waals surface area contributed by atoms with Gasteiger partial charge in [-0.25, -0.2) is 13.8 Å². The minimum atomic E-state index is -0.564. The van der Waals surface area contributed by atoms with Crippen molar-refractivity contribution < 1.29 is 13.9 Å². The van der Waals surface area contributed by atoms with Crippen LogP contribution in [0, 0.1) is 18.7 Å². The highest BCUT2D eigenvalue weighted by Crippen LogP contribution is 2.49. The molecule has 5 nitrogen and oxygen atoms in total. The van der Waals surface area contributed by atoms with E-state index in [9.17, 15) is 18.7 Å². The van der Waals surface area contributed by atoms with E-state index < -0.39 is 6.67 Å². The van der Waals surface area contributed by atoms with E-state index >= 15 is 0 Å². The van der Waals surface area contributed by atoms with Gasteiger partial charge in [-0.1, -0.05) is 0 Å². The van der Waals surface area contributed by atoms with Crippen molar-refractivity contribution in [2.24, 2.45) is 5.92 Å². The molecule has 0 aliphatic heterocycles. The molecule has 1 saturated carbocycles. The zero-order valence-electron chi connectivity index (χ0n) is 15.4. The van der Waals surface area contributed by atoms with E-state index in [-0.39, 0.29) is 42.9 Å². The molecule has 2 atom stereocenters. The van der Waals surface area contributed by atoms with Crippen molar-refractivity contribution in [1.29, 1.82) is 0 Å². The van der Waals surface area contributed by atoms with Crippen LogP contribution in [0.2, 0.25) is 0 Å². The Kier molecular flexibility index (Phi) is 5.16. The molecule has 2 aromatic heterocycles. The number of aliphatic hydroxyl groups is 1. The largest absolute Gasteiger partial charge is 0.396 e. The highest BCUT2D eigenvalue weighted by atomic mass is 32.1. The fourth-order valence-corrected chi connectivity index (χ4v) is 4.75. The molecular weight excluding hydrogens is 384 g/mol. The fourth-order valence-electron chi connectivity index (χ4n) is 3.68. The number of aromatic nitrogens is 2. The van der Waals surface area contributed by atoms with E-state index in [4.69, 9.17) is 0 Å². The van der Waals surface area contributed by atoms with Crippen molar-refractivity contribution in [3.05, 3.63) is 62.8 Å². The summed E-state index contributed by atoms with van der Waals surface area (Å²) in [5.74, 6) is 0.0533. The number of fused-ring (bicyclic) bond motifs is 1. The summed E-state index contributed by atoms with van der Waals surface area (Å²) in [5.41, 5.74) is 2.00. The lowest BCUT2D eigenvalue weighted by molar-refractivity contribution is 0.273. The molecule has 1 aliphatic rings. The summed E-state index contributed by atoms with van der Waals surface area (Å²) < 4.78 is 27.9. The fraction of sp³-hybridized carbons (Fsp3) is 0.400. The number of nitrogens with zero attached hydrogens (tertiary/aromatic N) is 3. The molecule has 0 amide bonds. The third-order valence-electron chi connectivity index (χ3n) is 5.19. The van der Waals surface area contributed by atoms with E-state index in [2.05, 4.69) is 4.98 Å². The van der Waals surface area contributed by atoms with Crippen molar-refractivity contribution in [2.75, 3.05) is 24.7 Å². The quantitative estimate of drug-likeness (QED) is 0.656. The first-order valence-corrected chi connectivity index (χ1v) is 10.0. The Morgan fingerprint density at radius 2 is 2.11 bits per heavy atom. The molecular formula is C20H21F2N3O2S. The number of aryl methyl sites for hydroxylation is 1. The number of thiazole rings is 1. The summed E-state index contributed by atoms with van der Waals surface area (Å²) in [7, 11) is 0. The zero-order chi connectivity index (χ0) is 19.8. The molecule has 1 N–H and O–H groups in total. The number of anilines is 1. The minimum absolute atomic E-state index is 0.123. The first kappa shape index (κ1) is 19.0. The second-order valence-corrected chi connectivity index (χ2v) is 8.30. The second-order valence-electron chi connectivity index (χ2n) is 7.12. The van der Waals surface area contributed by atoms with Gasteiger partial charge in [0.25, 0.3) is 5.56 Å². The van der Waals surface area contributed by atoms with Crippen LogP contribution in [0.1, 0.15) is 28.6 Å². The highest BCUT2D eigenvalue weighted by Gasteiger charge is 2.41. The van der Waals surface area contributed by atoms with Gasteiger partial charge in [-0.05, 0) is 43.5 Å². The first-order valence-electron chi connectivity index (χ1n) is 9.21. The van der Waals surface area contributed by atoms with Crippen LogP contribution in [0.15, 0.2) is 35.1 Å². The van der Waals surface area contributed by atoms with Crippen LogP contribution in [0.3, 0.4) is 0 Å². The normalized spacial score (nSPS) is 18.6. The zero-order valence-corrected chi connectivity index (χ0v) is 16.3. The van der Waals surface area contributed by atoms with E-state index in [1.54, 1.807) is 21.4 Å². The van der Waals surface area contributed by atoms with E-state index in [1.165, 1.54) is 29.5 Å². The summed E-state index contributed by atoms with van der Waals surface area (Å²) in [6, 6.07) is 7.31. The van der Waals surface area contributed by atoms with Crippen LogP contribution in [0.25, 0.3) is 4.96 Å². The van der Waals surface area contributed by atoms with Crippen LogP contribution < -0.4 is 10.5 Å². The van der Waals surface area contributed by atoms with Crippen LogP contribution in [-0.4, -0.2) is 34.3 Å². The summed E-state index contributed by atoms with van der Waals surface area (Å²) in [6.45, 7) is 1.91. The lowest BCUT2D eigenvalue weighted by Crippen LogP contribution is -2.27. The van der Waals surface area contributed by atoms with Gasteiger partial charge >= 0.3 is 0 Å². The van der Waals surface area contributed by atoms with E-state index in [1.807, 2.05) is 6.92 Å². The first-order chi connectivity index (χ1) is 13.5. The standard InChI is InChI=1S/C20H21F2N3O2S/c1-12-19(17-8-13(17)11-26)25-18(27)9-15(23-20(25)28-12)10-24(7-6-21)16-4-2-14(22)3-5-16/h2-5,9,13,17,26H,6-8,10-11H2,1H3. The van der Waals surface area contributed by atoms with Crippen molar-refractivity contribution in [3.63, 3.8) is 0 Å². The summed E-state index contributed by atoms with van der Waals surface area (Å²) >= 11 is 1.45. The van der Waals surface area contributed by atoms with Crippen molar-refractivity contribution >= 4 is 22.0 Å². The van der Waals surface area contributed by atoms with Gasteiger partial charge in [0.15, 0.2) is 4.96 Å². The average Bonchev–Trinajstić information content (AvgIpc) is 3.36. The molecule has 4 rings (SSSR count). The van der Waals surface area contributed by atoms with Crippen molar-refractivity contribution in [1.82, 2.24) is 9.38 Å². The highest BCUT2D eigenvalue weighted by molar-refractivity contribution is 7.17. The summed E-state index contributed by atoms with van der Waals surface area (Å²) in [5, 5.41) is 9.37. The van der Waals surface area contributed by atoms with Crippen molar-refractivity contribution in [2.45, 2.75) is 25.8 Å². The van der Waals surface area contributed by atoms with Gasteiger partial charge < -0.3 is 10.0 Å². The van der Waals surface area contributed by atoms with Gasteiger partial charge in [0.2, 0.25) is 0 Å². The Morgan fingerprint density at radius 3 is 2.75 bits per heavy atom. The predicted octanol–water partition coefficient (Wildman–Crippen LogP) is 3.28. The number of benzene rings is 1. The third-order valence-corrected chi connectivity index (χ3v) is 6.17. The van der Waals surface area contributed by atoms with Gasteiger partial charge in [-0.2, -0.15) is 0 Å². The average molecular weight is 405 g/mol. The molecule has 28 heavy (non-hydrogen) atoms. The maximum atomic E-state index is 13.2. The Balaban J connectivity index is 1.67. The summed E-state index contributed by atoms with van der Waals surface area (Å²) in [4.78, 5) is 20.8. The number of hydrogen-bond donors (Lipinski definition) is 1. The SMILES string of the molecule is Cc1sc2nc(CN(CCF)c3ccc(F)cc3)cc(=O)n2c1C1CC1CO. The van der Waals surface area contributed by atoms with Gasteiger partial charge in [0.1, 0.15) is 12.5 Å². The topological polar surface area (TPSA) is 57.8 Å². The van der Waals surface area contributed by atoms with Gasteiger partial charge in [-0.15, -0.1) is 11.3 Å². The van der Waals surface area contributed by atoms with E-state index in [0.29, 0.717) is 16.3 Å². The Hall–Kier alpha value is -2.32. The second kappa shape index (κ2) is 7.60. The molecule has 0 bridgehead atoms. The molecule has 1 fully saturated rings. The summed E-state index contributed by atoms with van der Waals surface area (Å²) in [6.07, 6.45) is 0.881. The minimum Gasteiger partial charge on any atom is -0.396 e. The molecule has 2 heterocycles. The van der Waals surface area contributed by atoms with Crippen LogP contribution >= 0.6 is 11.3 Å². The Labute approximate surface area is 164 Å². The molecule has 0 spiro atoms. The lowest BCUT2D eigenvalue weighted by Gasteiger charge is -2.23. The lowest BCUT2D eigenvalue weighted by atomic mass is 10.2. The smallest absolute Gasteiger partial charge is 0.259 e. The van der Waals surface area contributed by atoms with Crippen LogP contribution in [-0.2, 0) is 6.54 Å². The van der Waals surface area contributed by atoms with Crippen LogP contribution in [0.4, 0.5) is 14.5 Å². The van der Waals surface area contributed by atoms with Gasteiger partial charge in [0.05, 0.1) is 12.2 Å². The number of rotatable bonds is 7. The van der Waals surface area contributed by atoms with Crippen LogP contribution in [0.5, 0.6) is 0 Å². The molecule has 1 aliphatic carbocycles. The molecule has 1 aromatic carbocycles. The molecule has 8 heteroatoms. The maximum Gasteiger partial charge on any atom is 0.259 e. The third kappa shape index (κ3) is 3.54. The monoisotopic (exact) mass is 405 g/mol. The number of aliphatic hydroxyl groups excluding tert-OH is 1. The predicted molar refractivity (Wildman–Crippen MR) is 105 cm³/mol. The molecule has 0 radical (unpaired) electrons. The Morgan fingerprint density at radius 1 is 1.36 bits per heavy atom. The number of halogens is 2. The van der Waals surface area contributed by atoms with Crippen molar-refractivity contribution in [3.8, 4) is 0 Å².